The molecule has 0 spiro atoms. The van der Waals surface area contributed by atoms with Crippen LogP contribution >= 0.6 is 0 Å². The monoisotopic (exact) mass is 371 g/mol. The van der Waals surface area contributed by atoms with E-state index in [1.165, 1.54) is 0 Å². The van der Waals surface area contributed by atoms with Crippen LogP contribution < -0.4 is 10.0 Å². The largest absolute Gasteiger partial charge is 0.361 e. The van der Waals surface area contributed by atoms with E-state index in [1.807, 2.05) is 26.8 Å². The summed E-state index contributed by atoms with van der Waals surface area (Å²) in [6, 6.07) is 13.4. The van der Waals surface area contributed by atoms with Crippen LogP contribution in [0, 0.1) is 5.41 Å². The van der Waals surface area contributed by atoms with Crippen LogP contribution in [0.2, 0.25) is 0 Å². The molecule has 0 saturated carbocycles. The van der Waals surface area contributed by atoms with Crippen LogP contribution in [0.4, 0.5) is 11.4 Å². The number of sulfonamides is 1. The topological polar surface area (TPSA) is 91.1 Å². The molecule has 0 radical (unpaired) electrons. The fourth-order valence-electron chi connectivity index (χ4n) is 2.39. The lowest BCUT2D eigenvalue weighted by Crippen LogP contribution is -2.27. The zero-order chi connectivity index (χ0) is 18.9. The lowest BCUT2D eigenvalue weighted by Gasteiger charge is -2.18. The number of nitrogens with one attached hydrogen (secondary N) is 3. The highest BCUT2D eigenvalue weighted by atomic mass is 32.2. The zero-order valence-corrected chi connectivity index (χ0v) is 15.6. The molecule has 0 aliphatic rings. The molecule has 1 aromatic heterocycles. The molecule has 26 heavy (non-hydrogen) atoms. The van der Waals surface area contributed by atoms with Crippen molar-refractivity contribution in [1.29, 1.82) is 0 Å². The van der Waals surface area contributed by atoms with Gasteiger partial charge in [-0.25, -0.2) is 8.42 Å². The van der Waals surface area contributed by atoms with Crippen molar-refractivity contribution in [3.63, 3.8) is 0 Å². The van der Waals surface area contributed by atoms with Crippen LogP contribution in [0.15, 0.2) is 59.6 Å². The summed E-state index contributed by atoms with van der Waals surface area (Å²) in [5, 5.41) is 3.73. The quantitative estimate of drug-likeness (QED) is 0.648. The number of benzene rings is 2. The highest BCUT2D eigenvalue weighted by Crippen LogP contribution is 2.23. The van der Waals surface area contributed by atoms with Gasteiger partial charge in [0, 0.05) is 22.8 Å². The Morgan fingerprint density at radius 1 is 1.00 bits per heavy atom. The molecular formula is C19H21N3O3S. The molecule has 0 aliphatic heterocycles. The molecule has 2 aromatic carbocycles. The van der Waals surface area contributed by atoms with Crippen molar-refractivity contribution in [2.75, 3.05) is 10.0 Å². The standard InChI is InChI=1S/C19H21N3O3S/c1-19(2,3)18(23)21-14-5-4-6-15(11-14)22-26(24,25)16-8-7-13-9-10-20-17(13)12-16/h4-12,20,22H,1-3H3,(H,21,23). The van der Waals surface area contributed by atoms with Gasteiger partial charge in [-0.05, 0) is 41.8 Å². The molecule has 3 N–H and O–H groups in total. The molecule has 1 amide bonds. The molecule has 0 fully saturated rings. The molecule has 3 aromatic rings. The van der Waals surface area contributed by atoms with Gasteiger partial charge in [0.2, 0.25) is 5.91 Å². The molecule has 3 rings (SSSR count). The van der Waals surface area contributed by atoms with E-state index in [0.717, 1.165) is 10.9 Å². The molecule has 7 heteroatoms. The van der Waals surface area contributed by atoms with Crippen molar-refractivity contribution in [3.8, 4) is 0 Å². The van der Waals surface area contributed by atoms with Crippen LogP contribution in [0.25, 0.3) is 10.9 Å². The van der Waals surface area contributed by atoms with E-state index >= 15 is 0 Å². The number of H-pyrrole nitrogens is 1. The lowest BCUT2D eigenvalue weighted by molar-refractivity contribution is -0.123. The summed E-state index contributed by atoms with van der Waals surface area (Å²) in [4.78, 5) is 15.3. The van der Waals surface area contributed by atoms with E-state index in [4.69, 9.17) is 0 Å². The highest BCUT2D eigenvalue weighted by Gasteiger charge is 2.21. The molecule has 0 atom stereocenters. The Kier molecular flexibility index (Phi) is 4.50. The highest BCUT2D eigenvalue weighted by molar-refractivity contribution is 7.92. The minimum absolute atomic E-state index is 0.144. The first kappa shape index (κ1) is 18.0. The predicted molar refractivity (Wildman–Crippen MR) is 104 cm³/mol. The van der Waals surface area contributed by atoms with Gasteiger partial charge in [-0.1, -0.05) is 32.9 Å². The fraction of sp³-hybridized carbons (Fsp3) is 0.211. The van der Waals surface area contributed by atoms with Crippen molar-refractivity contribution >= 4 is 38.2 Å². The van der Waals surface area contributed by atoms with Crippen molar-refractivity contribution in [2.24, 2.45) is 5.41 Å². The third-order valence-electron chi connectivity index (χ3n) is 3.89. The number of carbonyl (C=O) groups is 1. The smallest absolute Gasteiger partial charge is 0.261 e. The van der Waals surface area contributed by atoms with E-state index in [2.05, 4.69) is 15.0 Å². The molecule has 1 heterocycles. The average molecular weight is 371 g/mol. The number of hydrogen-bond donors (Lipinski definition) is 3. The number of rotatable bonds is 4. The third kappa shape index (κ3) is 3.88. The summed E-state index contributed by atoms with van der Waals surface area (Å²) in [5.41, 5.74) is 1.12. The first-order chi connectivity index (χ1) is 12.1. The van der Waals surface area contributed by atoms with Gasteiger partial charge in [0.25, 0.3) is 10.0 Å². The second-order valence-electron chi connectivity index (χ2n) is 7.12. The SMILES string of the molecule is CC(C)(C)C(=O)Nc1cccc(NS(=O)(=O)c2ccc3cc[nH]c3c2)c1. The Morgan fingerprint density at radius 2 is 1.73 bits per heavy atom. The lowest BCUT2D eigenvalue weighted by atomic mass is 9.95. The molecular weight excluding hydrogens is 350 g/mol. The van der Waals surface area contributed by atoms with Crippen LogP contribution in [-0.4, -0.2) is 19.3 Å². The number of aromatic amines is 1. The first-order valence-corrected chi connectivity index (χ1v) is 9.65. The molecule has 0 aliphatic carbocycles. The zero-order valence-electron chi connectivity index (χ0n) is 14.8. The summed E-state index contributed by atoms with van der Waals surface area (Å²) in [5.74, 6) is -0.144. The number of aromatic nitrogens is 1. The van der Waals surface area contributed by atoms with Crippen LogP contribution in [-0.2, 0) is 14.8 Å². The predicted octanol–water partition coefficient (Wildman–Crippen LogP) is 3.95. The number of fused-ring (bicyclic) bond motifs is 1. The Morgan fingerprint density at radius 3 is 2.46 bits per heavy atom. The van der Waals surface area contributed by atoms with Crippen LogP contribution in [0.1, 0.15) is 20.8 Å². The summed E-state index contributed by atoms with van der Waals surface area (Å²) < 4.78 is 27.8. The van der Waals surface area contributed by atoms with Crippen LogP contribution in [0.5, 0.6) is 0 Å². The minimum Gasteiger partial charge on any atom is -0.361 e. The van der Waals surface area contributed by atoms with E-state index in [9.17, 15) is 13.2 Å². The number of amides is 1. The van der Waals surface area contributed by atoms with E-state index in [-0.39, 0.29) is 10.8 Å². The van der Waals surface area contributed by atoms with Crippen molar-refractivity contribution in [3.05, 3.63) is 54.7 Å². The second-order valence-corrected chi connectivity index (χ2v) is 8.80. The molecule has 6 nitrogen and oxygen atoms in total. The Labute approximate surface area is 152 Å². The average Bonchev–Trinajstić information content (AvgIpc) is 3.01. The Bertz CT molecular complexity index is 1060. The maximum absolute atomic E-state index is 12.6. The molecule has 0 bridgehead atoms. The van der Waals surface area contributed by atoms with Gasteiger partial charge in [-0.2, -0.15) is 0 Å². The van der Waals surface area contributed by atoms with E-state index in [0.29, 0.717) is 11.4 Å². The van der Waals surface area contributed by atoms with Gasteiger partial charge >= 0.3 is 0 Å². The maximum Gasteiger partial charge on any atom is 0.261 e. The van der Waals surface area contributed by atoms with Gasteiger partial charge in [0.15, 0.2) is 0 Å². The van der Waals surface area contributed by atoms with Crippen molar-refractivity contribution < 1.29 is 13.2 Å². The maximum atomic E-state index is 12.6. The number of carbonyl (C=O) groups excluding carboxylic acids is 1. The molecule has 0 saturated heterocycles. The molecule has 136 valence electrons. The van der Waals surface area contributed by atoms with Gasteiger partial charge in [-0.3, -0.25) is 9.52 Å². The van der Waals surface area contributed by atoms with Gasteiger partial charge < -0.3 is 10.3 Å². The fourth-order valence-corrected chi connectivity index (χ4v) is 3.46. The van der Waals surface area contributed by atoms with Crippen molar-refractivity contribution in [1.82, 2.24) is 4.98 Å². The van der Waals surface area contributed by atoms with E-state index in [1.54, 1.807) is 48.7 Å². The Balaban J connectivity index is 1.83. The van der Waals surface area contributed by atoms with Gasteiger partial charge in [-0.15, -0.1) is 0 Å². The van der Waals surface area contributed by atoms with Crippen molar-refractivity contribution in [2.45, 2.75) is 25.7 Å². The number of hydrogen-bond acceptors (Lipinski definition) is 3. The van der Waals surface area contributed by atoms with Crippen LogP contribution in [0.3, 0.4) is 0 Å². The Hall–Kier alpha value is -2.80. The normalized spacial score (nSPS) is 12.1. The second kappa shape index (κ2) is 6.49. The summed E-state index contributed by atoms with van der Waals surface area (Å²) >= 11 is 0. The third-order valence-corrected chi connectivity index (χ3v) is 5.27. The number of anilines is 2. The minimum atomic E-state index is -3.74. The van der Waals surface area contributed by atoms with Gasteiger partial charge in [0.1, 0.15) is 0 Å². The first-order valence-electron chi connectivity index (χ1n) is 8.17. The summed E-state index contributed by atoms with van der Waals surface area (Å²) in [7, 11) is -3.74. The van der Waals surface area contributed by atoms with Gasteiger partial charge in [0.05, 0.1) is 10.6 Å². The molecule has 0 unspecified atom stereocenters. The summed E-state index contributed by atoms with van der Waals surface area (Å²) in [6.07, 6.45) is 1.76. The summed E-state index contributed by atoms with van der Waals surface area (Å²) in [6.45, 7) is 5.43. The van der Waals surface area contributed by atoms with E-state index < -0.39 is 15.4 Å².